The Morgan fingerprint density at radius 1 is 1.10 bits per heavy atom. The molecule has 0 saturated carbocycles. The number of rotatable bonds is 6. The summed E-state index contributed by atoms with van der Waals surface area (Å²) in [7, 11) is 0. The summed E-state index contributed by atoms with van der Waals surface area (Å²) in [6.07, 6.45) is 6.69. The fourth-order valence-electron chi connectivity index (χ4n) is 4.78. The molecule has 0 bridgehead atoms. The van der Waals surface area contributed by atoms with E-state index in [1.54, 1.807) is 35.4 Å². The first kappa shape index (κ1) is 26.1. The molecule has 1 aliphatic heterocycles. The average molecular weight is 545 g/mol. The molecule has 39 heavy (non-hydrogen) atoms. The molecule has 0 radical (unpaired) electrons. The Labute approximate surface area is 229 Å². The van der Waals surface area contributed by atoms with E-state index in [2.05, 4.69) is 15.4 Å². The molecule has 198 valence electrons. The number of nitro benzene ring substituents is 1. The first-order chi connectivity index (χ1) is 18.8. The molecule has 1 aliphatic rings. The Kier molecular flexibility index (Phi) is 7.38. The van der Waals surface area contributed by atoms with Crippen LogP contribution in [0.3, 0.4) is 0 Å². The van der Waals surface area contributed by atoms with Crippen molar-refractivity contribution in [2.24, 2.45) is 0 Å². The van der Waals surface area contributed by atoms with Gasteiger partial charge in [-0.2, -0.15) is 5.10 Å². The molecule has 1 saturated heterocycles. The van der Waals surface area contributed by atoms with Gasteiger partial charge < -0.3 is 10.2 Å². The number of halogens is 1. The number of nitrogens with one attached hydrogen (secondary N) is 1. The summed E-state index contributed by atoms with van der Waals surface area (Å²) >= 11 is 5.99. The highest BCUT2D eigenvalue weighted by Crippen LogP contribution is 2.30. The zero-order chi connectivity index (χ0) is 27.5. The van der Waals surface area contributed by atoms with Crippen molar-refractivity contribution >= 4 is 34.8 Å². The van der Waals surface area contributed by atoms with Crippen molar-refractivity contribution in [3.8, 4) is 5.82 Å². The molecule has 1 fully saturated rings. The van der Waals surface area contributed by atoms with Crippen LogP contribution in [0.5, 0.6) is 0 Å². The second kappa shape index (κ2) is 11.0. The highest BCUT2D eigenvalue weighted by molar-refractivity contribution is 6.31. The molecule has 1 N–H and O–H groups in total. The highest BCUT2D eigenvalue weighted by atomic mass is 35.5. The predicted octanol–water partition coefficient (Wildman–Crippen LogP) is 5.41. The number of hydrogen-bond acceptors (Lipinski definition) is 6. The predicted molar refractivity (Wildman–Crippen MR) is 146 cm³/mol. The van der Waals surface area contributed by atoms with Crippen LogP contribution in [-0.2, 0) is 0 Å². The molecular weight excluding hydrogens is 520 g/mol. The lowest BCUT2D eigenvalue weighted by atomic mass is 9.89. The number of likely N-dealkylation sites (tertiary alicyclic amines) is 1. The Morgan fingerprint density at radius 3 is 2.46 bits per heavy atom. The third kappa shape index (κ3) is 5.65. The first-order valence-corrected chi connectivity index (χ1v) is 12.8. The minimum absolute atomic E-state index is 0.0393. The lowest BCUT2D eigenvalue weighted by molar-refractivity contribution is -0.385. The van der Waals surface area contributed by atoms with Crippen LogP contribution in [-0.4, -0.2) is 49.5 Å². The molecule has 2 aromatic heterocycles. The molecule has 5 rings (SSSR count). The van der Waals surface area contributed by atoms with Gasteiger partial charge in [0.1, 0.15) is 0 Å². The largest absolute Gasteiger partial charge is 0.339 e. The van der Waals surface area contributed by atoms with E-state index in [0.717, 1.165) is 18.4 Å². The van der Waals surface area contributed by atoms with E-state index in [9.17, 15) is 19.7 Å². The van der Waals surface area contributed by atoms with Crippen LogP contribution in [0.1, 0.15) is 50.6 Å². The van der Waals surface area contributed by atoms with Crippen LogP contribution in [0.2, 0.25) is 5.02 Å². The number of piperidine rings is 1. The number of aromatic nitrogens is 3. The molecule has 0 spiro atoms. The SMILES string of the molecule is Cc1c(C(=O)Nc2ccc(C3CCN(C(=O)c4ccc(-n5cccn5)nc4)CC3)cc2)cc(Cl)cc1[N+](=O)[O-]. The lowest BCUT2D eigenvalue weighted by Crippen LogP contribution is -2.38. The summed E-state index contributed by atoms with van der Waals surface area (Å²) in [5, 5.41) is 18.3. The minimum atomic E-state index is -0.555. The molecule has 0 aliphatic carbocycles. The van der Waals surface area contributed by atoms with Gasteiger partial charge >= 0.3 is 0 Å². The normalized spacial score (nSPS) is 13.7. The number of carbonyl (C=O) groups is 2. The van der Waals surface area contributed by atoms with E-state index in [4.69, 9.17) is 11.6 Å². The standard InChI is InChI=1S/C28H25ClN6O4/c1-18-24(15-22(29)16-25(18)35(38)39)27(36)32-23-6-3-19(4-7-23)20-9-13-33(14-10-20)28(37)21-5-8-26(30-17-21)34-12-2-11-31-34/h2-8,11-12,15-17,20H,9-10,13-14H2,1H3,(H,32,36). The Bertz CT molecular complexity index is 1510. The number of anilines is 1. The van der Waals surface area contributed by atoms with Crippen molar-refractivity contribution in [1.82, 2.24) is 19.7 Å². The van der Waals surface area contributed by atoms with E-state index < -0.39 is 10.8 Å². The van der Waals surface area contributed by atoms with E-state index >= 15 is 0 Å². The number of benzene rings is 2. The number of carbonyl (C=O) groups excluding carboxylic acids is 2. The van der Waals surface area contributed by atoms with Crippen LogP contribution < -0.4 is 5.32 Å². The van der Waals surface area contributed by atoms with Crippen molar-refractivity contribution in [3.63, 3.8) is 0 Å². The summed E-state index contributed by atoms with van der Waals surface area (Å²) in [5.41, 5.74) is 2.45. The number of nitro groups is 1. The third-order valence-corrected chi connectivity index (χ3v) is 7.16. The first-order valence-electron chi connectivity index (χ1n) is 12.4. The van der Waals surface area contributed by atoms with Crippen LogP contribution in [0.4, 0.5) is 11.4 Å². The molecule has 2 aromatic carbocycles. The number of amides is 2. The summed E-state index contributed by atoms with van der Waals surface area (Å²) in [6.45, 7) is 2.79. The molecule has 0 atom stereocenters. The molecule has 10 nitrogen and oxygen atoms in total. The fourth-order valence-corrected chi connectivity index (χ4v) is 4.99. The zero-order valence-electron chi connectivity index (χ0n) is 21.1. The van der Waals surface area contributed by atoms with Crippen LogP contribution in [0, 0.1) is 17.0 Å². The van der Waals surface area contributed by atoms with E-state index in [0.29, 0.717) is 30.2 Å². The van der Waals surface area contributed by atoms with Gasteiger partial charge in [-0.05, 0) is 67.6 Å². The van der Waals surface area contributed by atoms with Gasteiger partial charge in [-0.15, -0.1) is 0 Å². The van der Waals surface area contributed by atoms with Crippen molar-refractivity contribution in [1.29, 1.82) is 0 Å². The third-order valence-electron chi connectivity index (χ3n) is 6.94. The van der Waals surface area contributed by atoms with Crippen LogP contribution in [0.15, 0.2) is 73.2 Å². The van der Waals surface area contributed by atoms with Crippen molar-refractivity contribution in [2.75, 3.05) is 18.4 Å². The molecule has 2 amide bonds. The van der Waals surface area contributed by atoms with Gasteiger partial charge in [0.05, 0.1) is 16.1 Å². The Balaban J connectivity index is 1.18. The van der Waals surface area contributed by atoms with Gasteiger partial charge in [0.25, 0.3) is 17.5 Å². The van der Waals surface area contributed by atoms with Crippen molar-refractivity contribution in [2.45, 2.75) is 25.7 Å². The van der Waals surface area contributed by atoms with Gasteiger partial charge in [0.15, 0.2) is 5.82 Å². The number of hydrogen-bond donors (Lipinski definition) is 1. The minimum Gasteiger partial charge on any atom is -0.339 e. The summed E-state index contributed by atoms with van der Waals surface area (Å²) in [6, 6.07) is 15.6. The summed E-state index contributed by atoms with van der Waals surface area (Å²) in [5.74, 6) is 0.434. The topological polar surface area (TPSA) is 123 Å². The Hall–Kier alpha value is -4.57. The monoisotopic (exact) mass is 544 g/mol. The number of pyridine rings is 1. The van der Waals surface area contributed by atoms with Gasteiger partial charge in [-0.25, -0.2) is 9.67 Å². The second-order valence-corrected chi connectivity index (χ2v) is 9.79. The van der Waals surface area contributed by atoms with E-state index in [-0.39, 0.29) is 33.7 Å². The quantitative estimate of drug-likeness (QED) is 0.256. The van der Waals surface area contributed by atoms with E-state index in [1.807, 2.05) is 35.2 Å². The van der Waals surface area contributed by atoms with Gasteiger partial charge in [0, 0.05) is 54.0 Å². The van der Waals surface area contributed by atoms with Gasteiger partial charge in [-0.1, -0.05) is 23.7 Å². The second-order valence-electron chi connectivity index (χ2n) is 9.35. The molecular formula is C28H25ClN6O4. The highest BCUT2D eigenvalue weighted by Gasteiger charge is 2.25. The Morgan fingerprint density at radius 2 is 1.85 bits per heavy atom. The maximum Gasteiger partial charge on any atom is 0.274 e. The number of nitrogens with zero attached hydrogens (tertiary/aromatic N) is 5. The van der Waals surface area contributed by atoms with E-state index in [1.165, 1.54) is 19.1 Å². The van der Waals surface area contributed by atoms with Crippen LogP contribution in [0.25, 0.3) is 5.82 Å². The lowest BCUT2D eigenvalue weighted by Gasteiger charge is -2.32. The average Bonchev–Trinajstić information content (AvgIpc) is 3.49. The molecule has 4 aromatic rings. The maximum atomic E-state index is 13.0. The van der Waals surface area contributed by atoms with Gasteiger partial charge in [0.2, 0.25) is 0 Å². The molecule has 0 unspecified atom stereocenters. The smallest absolute Gasteiger partial charge is 0.274 e. The molecule has 3 heterocycles. The summed E-state index contributed by atoms with van der Waals surface area (Å²) < 4.78 is 1.64. The van der Waals surface area contributed by atoms with Crippen LogP contribution >= 0.6 is 11.6 Å². The van der Waals surface area contributed by atoms with Crippen molar-refractivity contribution in [3.05, 3.63) is 111 Å². The zero-order valence-corrected chi connectivity index (χ0v) is 21.8. The van der Waals surface area contributed by atoms with Gasteiger partial charge in [-0.3, -0.25) is 19.7 Å². The summed E-state index contributed by atoms with van der Waals surface area (Å²) in [4.78, 5) is 42.7. The maximum absolute atomic E-state index is 13.0. The molecule has 11 heteroatoms. The fraction of sp³-hybridized carbons (Fsp3) is 0.214. The van der Waals surface area contributed by atoms with Crippen molar-refractivity contribution < 1.29 is 14.5 Å².